The Morgan fingerprint density at radius 1 is 1.21 bits per heavy atom. The van der Waals surface area contributed by atoms with Crippen molar-refractivity contribution in [3.8, 4) is 0 Å². The van der Waals surface area contributed by atoms with Crippen molar-refractivity contribution in [1.82, 2.24) is 9.78 Å². The molecule has 0 radical (unpaired) electrons. The molecule has 2 heterocycles. The molecule has 6 heteroatoms. The zero-order valence-corrected chi connectivity index (χ0v) is 17.2. The van der Waals surface area contributed by atoms with Crippen LogP contribution in [0.4, 0.5) is 17.2 Å². The summed E-state index contributed by atoms with van der Waals surface area (Å²) in [6.07, 6.45) is 10.8. The van der Waals surface area contributed by atoms with Crippen molar-refractivity contribution in [2.75, 3.05) is 29.0 Å². The van der Waals surface area contributed by atoms with Gasteiger partial charge in [-0.3, -0.25) is 4.79 Å². The van der Waals surface area contributed by atoms with Gasteiger partial charge in [-0.1, -0.05) is 18.6 Å². The highest BCUT2D eigenvalue weighted by Gasteiger charge is 2.17. The van der Waals surface area contributed by atoms with Crippen LogP contribution in [0.1, 0.15) is 49.9 Å². The van der Waals surface area contributed by atoms with Gasteiger partial charge in [-0.25, -0.2) is 4.68 Å². The molecule has 1 aromatic carbocycles. The van der Waals surface area contributed by atoms with Gasteiger partial charge >= 0.3 is 0 Å². The first-order valence-corrected chi connectivity index (χ1v) is 10.4. The number of hydrogen-bond acceptors (Lipinski definition) is 4. The normalized spacial score (nSPS) is 19.5. The van der Waals surface area contributed by atoms with Gasteiger partial charge in [0.25, 0.3) is 5.91 Å². The third kappa shape index (κ3) is 4.21. The fourth-order valence-electron chi connectivity index (χ4n) is 3.89. The Morgan fingerprint density at radius 3 is 2.76 bits per heavy atom. The van der Waals surface area contributed by atoms with E-state index in [1.807, 2.05) is 30.5 Å². The molecule has 1 aliphatic heterocycles. The van der Waals surface area contributed by atoms with Crippen molar-refractivity contribution in [1.29, 1.82) is 0 Å². The van der Waals surface area contributed by atoms with E-state index < -0.39 is 0 Å². The second-order valence-electron chi connectivity index (χ2n) is 8.07. The highest BCUT2D eigenvalue weighted by Crippen LogP contribution is 2.27. The first-order chi connectivity index (χ1) is 14.0. The summed E-state index contributed by atoms with van der Waals surface area (Å²) < 4.78 is 1.80. The maximum Gasteiger partial charge on any atom is 0.259 e. The SMILES string of the molecule is CC1=CC(n2ccc(NC(=O)c3cc(N4CCCCC4)ccc3N)n2)=CCC1C. The van der Waals surface area contributed by atoms with Crippen molar-refractivity contribution < 1.29 is 4.79 Å². The molecule has 0 saturated carbocycles. The lowest BCUT2D eigenvalue weighted by Crippen LogP contribution is -2.29. The number of allylic oxidation sites excluding steroid dienone is 4. The van der Waals surface area contributed by atoms with E-state index in [9.17, 15) is 4.79 Å². The lowest BCUT2D eigenvalue weighted by atomic mass is 9.93. The van der Waals surface area contributed by atoms with Crippen LogP contribution in [0.5, 0.6) is 0 Å². The largest absolute Gasteiger partial charge is 0.398 e. The van der Waals surface area contributed by atoms with Crippen molar-refractivity contribution in [2.45, 2.75) is 39.5 Å². The molecule has 2 aliphatic rings. The Balaban J connectivity index is 1.49. The number of anilines is 3. The van der Waals surface area contributed by atoms with E-state index in [1.54, 1.807) is 4.68 Å². The van der Waals surface area contributed by atoms with Crippen LogP contribution in [-0.2, 0) is 0 Å². The highest BCUT2D eigenvalue weighted by molar-refractivity contribution is 6.08. The number of nitrogens with two attached hydrogens (primary N) is 1. The van der Waals surface area contributed by atoms with E-state index in [2.05, 4.69) is 41.3 Å². The van der Waals surface area contributed by atoms with E-state index >= 15 is 0 Å². The molecule has 6 nitrogen and oxygen atoms in total. The molecule has 1 saturated heterocycles. The van der Waals surface area contributed by atoms with Crippen molar-refractivity contribution in [2.24, 2.45) is 5.92 Å². The zero-order valence-electron chi connectivity index (χ0n) is 17.2. The zero-order chi connectivity index (χ0) is 20.4. The Kier molecular flexibility index (Phi) is 5.43. The number of aromatic nitrogens is 2. The van der Waals surface area contributed by atoms with Crippen LogP contribution >= 0.6 is 0 Å². The number of nitrogen functional groups attached to an aromatic ring is 1. The number of nitrogens with zero attached hydrogens (tertiary/aromatic N) is 3. The molecule has 29 heavy (non-hydrogen) atoms. The van der Waals surface area contributed by atoms with Gasteiger partial charge in [0, 0.05) is 36.7 Å². The summed E-state index contributed by atoms with van der Waals surface area (Å²) in [6, 6.07) is 7.52. The minimum atomic E-state index is -0.232. The second-order valence-corrected chi connectivity index (χ2v) is 8.07. The van der Waals surface area contributed by atoms with E-state index in [0.29, 0.717) is 23.0 Å². The number of hydrogen-bond donors (Lipinski definition) is 2. The Hall–Kier alpha value is -3.02. The molecule has 152 valence electrons. The number of carbonyl (C=O) groups is 1. The lowest BCUT2D eigenvalue weighted by Gasteiger charge is -2.29. The minimum absolute atomic E-state index is 0.232. The number of amides is 1. The third-order valence-electron chi connectivity index (χ3n) is 5.93. The quantitative estimate of drug-likeness (QED) is 0.751. The summed E-state index contributed by atoms with van der Waals surface area (Å²) in [4.78, 5) is 15.2. The van der Waals surface area contributed by atoms with Crippen molar-refractivity contribution in [3.63, 3.8) is 0 Å². The van der Waals surface area contributed by atoms with Crippen LogP contribution in [0.3, 0.4) is 0 Å². The highest BCUT2D eigenvalue weighted by atomic mass is 16.1. The van der Waals surface area contributed by atoms with Crippen LogP contribution in [0.2, 0.25) is 0 Å². The summed E-state index contributed by atoms with van der Waals surface area (Å²) in [6.45, 7) is 6.41. The molecule has 2 aromatic rings. The molecule has 0 spiro atoms. The summed E-state index contributed by atoms with van der Waals surface area (Å²) >= 11 is 0. The Labute approximate surface area is 172 Å². The monoisotopic (exact) mass is 391 g/mol. The number of rotatable bonds is 4. The van der Waals surface area contributed by atoms with Gasteiger partial charge in [0.2, 0.25) is 0 Å². The summed E-state index contributed by atoms with van der Waals surface area (Å²) in [5, 5.41) is 7.41. The number of piperidine rings is 1. The molecular formula is C23H29N5O. The first-order valence-electron chi connectivity index (χ1n) is 10.4. The topological polar surface area (TPSA) is 76.2 Å². The summed E-state index contributed by atoms with van der Waals surface area (Å²) in [5.74, 6) is 0.844. The Bertz CT molecular complexity index is 965. The predicted octanol–water partition coefficient (Wildman–Crippen LogP) is 4.53. The summed E-state index contributed by atoms with van der Waals surface area (Å²) in [5.41, 5.74) is 10.5. The smallest absolute Gasteiger partial charge is 0.259 e. The first kappa shape index (κ1) is 19.3. The van der Waals surface area contributed by atoms with Crippen molar-refractivity contribution in [3.05, 3.63) is 53.8 Å². The standard InChI is InChI=1S/C23H29N5O/c1-16-6-7-19(14-17(16)2)28-13-10-22(26-28)25-23(29)20-15-18(8-9-21(20)24)27-11-4-3-5-12-27/h7-10,13-16H,3-6,11-12,24H2,1-2H3,(H,25,26,29). The molecule has 3 N–H and O–H groups in total. The number of carbonyl (C=O) groups excluding carboxylic acids is 1. The van der Waals surface area contributed by atoms with Crippen LogP contribution in [-0.4, -0.2) is 28.8 Å². The molecule has 1 amide bonds. The fourth-order valence-corrected chi connectivity index (χ4v) is 3.89. The maximum atomic E-state index is 12.9. The van der Waals surface area contributed by atoms with Gasteiger partial charge in [-0.2, -0.15) is 5.10 Å². The average molecular weight is 392 g/mol. The molecule has 1 aromatic heterocycles. The lowest BCUT2D eigenvalue weighted by molar-refractivity contribution is 0.102. The van der Waals surface area contributed by atoms with Crippen LogP contribution in [0.15, 0.2) is 48.2 Å². The molecule has 0 bridgehead atoms. The number of benzene rings is 1. The average Bonchev–Trinajstić information content (AvgIpc) is 3.19. The van der Waals surface area contributed by atoms with Crippen LogP contribution in [0, 0.1) is 5.92 Å². The molecular weight excluding hydrogens is 362 g/mol. The Morgan fingerprint density at radius 2 is 2.00 bits per heavy atom. The molecule has 1 unspecified atom stereocenters. The van der Waals surface area contributed by atoms with E-state index in [4.69, 9.17) is 5.73 Å². The van der Waals surface area contributed by atoms with Gasteiger partial charge in [-0.15, -0.1) is 0 Å². The van der Waals surface area contributed by atoms with Gasteiger partial charge in [-0.05, 0) is 62.8 Å². The maximum absolute atomic E-state index is 12.9. The van der Waals surface area contributed by atoms with Crippen molar-refractivity contribution >= 4 is 28.8 Å². The predicted molar refractivity (Wildman–Crippen MR) is 119 cm³/mol. The van der Waals surface area contributed by atoms with Gasteiger partial charge in [0.05, 0.1) is 11.3 Å². The van der Waals surface area contributed by atoms with E-state index in [1.165, 1.54) is 24.8 Å². The summed E-state index contributed by atoms with van der Waals surface area (Å²) in [7, 11) is 0. The van der Waals surface area contributed by atoms with Gasteiger partial charge in [0.1, 0.15) is 0 Å². The molecule has 1 fully saturated rings. The van der Waals surface area contributed by atoms with Gasteiger partial charge in [0.15, 0.2) is 5.82 Å². The minimum Gasteiger partial charge on any atom is -0.398 e. The molecule has 1 aliphatic carbocycles. The fraction of sp³-hybridized carbons (Fsp3) is 0.391. The molecule has 4 rings (SSSR count). The van der Waals surface area contributed by atoms with E-state index in [-0.39, 0.29) is 5.91 Å². The molecule has 1 atom stereocenters. The van der Waals surface area contributed by atoms with Gasteiger partial charge < -0.3 is 16.0 Å². The van der Waals surface area contributed by atoms with E-state index in [0.717, 1.165) is 30.9 Å². The van der Waals surface area contributed by atoms with Crippen LogP contribution in [0.25, 0.3) is 5.70 Å². The third-order valence-corrected chi connectivity index (χ3v) is 5.93. The second kappa shape index (κ2) is 8.15. The number of nitrogens with one attached hydrogen (secondary N) is 1. The van der Waals surface area contributed by atoms with Crippen LogP contribution < -0.4 is 16.0 Å².